The van der Waals surface area contributed by atoms with Crippen molar-refractivity contribution in [1.82, 2.24) is 0 Å². The highest BCUT2D eigenvalue weighted by atomic mass is 35.5. The van der Waals surface area contributed by atoms with E-state index < -0.39 is 0 Å². The Hall–Kier alpha value is -0.530. The van der Waals surface area contributed by atoms with E-state index in [0.29, 0.717) is 22.9 Å². The quantitative estimate of drug-likeness (QED) is 0.760. The Labute approximate surface area is 113 Å². The molecule has 3 heteroatoms. The van der Waals surface area contributed by atoms with Crippen LogP contribution in [0.2, 0.25) is 10.0 Å². The SMILES string of the molecule is CC(C)(C)CCC(=O)Cc1c(Cl)cccc1Cl. The van der Waals surface area contributed by atoms with Crippen LogP contribution in [0, 0.1) is 5.41 Å². The molecule has 0 bridgehead atoms. The first-order valence-electron chi connectivity index (χ1n) is 5.74. The number of carbonyl (C=O) groups excluding carboxylic acids is 1. The van der Waals surface area contributed by atoms with E-state index in [0.717, 1.165) is 12.0 Å². The molecule has 0 amide bonds. The molecule has 1 aromatic rings. The molecule has 0 aromatic heterocycles. The van der Waals surface area contributed by atoms with Crippen molar-refractivity contribution in [2.24, 2.45) is 5.41 Å². The maximum absolute atomic E-state index is 11.8. The summed E-state index contributed by atoms with van der Waals surface area (Å²) in [4.78, 5) is 11.8. The predicted molar refractivity (Wildman–Crippen MR) is 73.9 cm³/mol. The number of rotatable bonds is 4. The molecule has 1 nitrogen and oxygen atoms in total. The highest BCUT2D eigenvalue weighted by Gasteiger charge is 2.15. The molecule has 0 saturated heterocycles. The number of halogens is 2. The van der Waals surface area contributed by atoms with Crippen LogP contribution >= 0.6 is 23.2 Å². The zero-order valence-electron chi connectivity index (χ0n) is 10.5. The van der Waals surface area contributed by atoms with Gasteiger partial charge in [0, 0.05) is 22.9 Å². The van der Waals surface area contributed by atoms with Gasteiger partial charge in [0.15, 0.2) is 0 Å². The molecule has 0 aliphatic carbocycles. The minimum atomic E-state index is 0.180. The third-order valence-corrected chi connectivity index (χ3v) is 3.30. The van der Waals surface area contributed by atoms with Gasteiger partial charge >= 0.3 is 0 Å². The second-order valence-electron chi connectivity index (χ2n) is 5.48. The molecule has 0 aliphatic rings. The molecule has 1 rings (SSSR count). The summed E-state index contributed by atoms with van der Waals surface area (Å²) in [6, 6.07) is 5.31. The molecule has 1 aromatic carbocycles. The summed E-state index contributed by atoms with van der Waals surface area (Å²) < 4.78 is 0. The monoisotopic (exact) mass is 272 g/mol. The van der Waals surface area contributed by atoms with Gasteiger partial charge in [0.2, 0.25) is 0 Å². The summed E-state index contributed by atoms with van der Waals surface area (Å²) in [5.74, 6) is 0.190. The molecular formula is C14H18Cl2O. The molecule has 0 saturated carbocycles. The van der Waals surface area contributed by atoms with Crippen LogP contribution in [-0.4, -0.2) is 5.78 Å². The van der Waals surface area contributed by atoms with Gasteiger partial charge in [0.25, 0.3) is 0 Å². The van der Waals surface area contributed by atoms with Crippen LogP contribution in [0.25, 0.3) is 0 Å². The number of carbonyl (C=O) groups is 1. The highest BCUT2D eigenvalue weighted by Crippen LogP contribution is 2.26. The van der Waals surface area contributed by atoms with Crippen molar-refractivity contribution < 1.29 is 4.79 Å². The van der Waals surface area contributed by atoms with Crippen molar-refractivity contribution in [2.45, 2.75) is 40.0 Å². The van der Waals surface area contributed by atoms with Gasteiger partial charge in [-0.1, -0.05) is 50.0 Å². The van der Waals surface area contributed by atoms with E-state index in [9.17, 15) is 4.79 Å². The zero-order valence-corrected chi connectivity index (χ0v) is 12.0. The summed E-state index contributed by atoms with van der Waals surface area (Å²) >= 11 is 12.1. The number of Topliss-reactive ketones (excluding diaryl/α,β-unsaturated/α-hetero) is 1. The molecule has 17 heavy (non-hydrogen) atoms. The topological polar surface area (TPSA) is 17.1 Å². The summed E-state index contributed by atoms with van der Waals surface area (Å²) in [5, 5.41) is 1.14. The molecule has 0 radical (unpaired) electrons. The van der Waals surface area contributed by atoms with E-state index in [4.69, 9.17) is 23.2 Å². The van der Waals surface area contributed by atoms with Crippen LogP contribution < -0.4 is 0 Å². The van der Waals surface area contributed by atoms with E-state index in [2.05, 4.69) is 20.8 Å². The second-order valence-corrected chi connectivity index (χ2v) is 6.29. The second kappa shape index (κ2) is 5.88. The lowest BCUT2D eigenvalue weighted by Gasteiger charge is -2.17. The first-order valence-corrected chi connectivity index (χ1v) is 6.50. The fraction of sp³-hybridized carbons (Fsp3) is 0.500. The zero-order chi connectivity index (χ0) is 13.1. The first kappa shape index (κ1) is 14.5. The lowest BCUT2D eigenvalue weighted by atomic mass is 9.89. The van der Waals surface area contributed by atoms with Crippen molar-refractivity contribution in [1.29, 1.82) is 0 Å². The van der Waals surface area contributed by atoms with Gasteiger partial charge in [-0.25, -0.2) is 0 Å². The number of benzene rings is 1. The van der Waals surface area contributed by atoms with Crippen LogP contribution in [-0.2, 0) is 11.2 Å². The van der Waals surface area contributed by atoms with Gasteiger partial charge in [-0.3, -0.25) is 4.79 Å². The third-order valence-electron chi connectivity index (χ3n) is 2.59. The molecule has 0 heterocycles. The molecular weight excluding hydrogens is 255 g/mol. The molecule has 94 valence electrons. The Bertz CT molecular complexity index is 385. The molecule has 0 spiro atoms. The predicted octanol–water partition coefficient (Wildman–Crippen LogP) is 4.93. The average molecular weight is 273 g/mol. The molecule has 0 atom stereocenters. The highest BCUT2D eigenvalue weighted by molar-refractivity contribution is 6.36. The maximum atomic E-state index is 11.8. The minimum absolute atomic E-state index is 0.180. The number of hydrogen-bond acceptors (Lipinski definition) is 1. The van der Waals surface area contributed by atoms with E-state index in [1.165, 1.54) is 0 Å². The van der Waals surface area contributed by atoms with Crippen LogP contribution in [0.4, 0.5) is 0 Å². The van der Waals surface area contributed by atoms with Crippen LogP contribution in [0.3, 0.4) is 0 Å². The van der Waals surface area contributed by atoms with Crippen molar-refractivity contribution in [3.05, 3.63) is 33.8 Å². The number of hydrogen-bond donors (Lipinski definition) is 0. The van der Waals surface area contributed by atoms with Crippen molar-refractivity contribution in [3.63, 3.8) is 0 Å². The van der Waals surface area contributed by atoms with Crippen LogP contribution in [0.5, 0.6) is 0 Å². The van der Waals surface area contributed by atoms with Crippen LogP contribution in [0.15, 0.2) is 18.2 Å². The molecule has 0 N–H and O–H groups in total. The van der Waals surface area contributed by atoms with Crippen molar-refractivity contribution in [3.8, 4) is 0 Å². The average Bonchev–Trinajstić information content (AvgIpc) is 2.20. The lowest BCUT2D eigenvalue weighted by Crippen LogP contribution is -2.11. The summed E-state index contributed by atoms with van der Waals surface area (Å²) in [7, 11) is 0. The van der Waals surface area contributed by atoms with Crippen molar-refractivity contribution >= 4 is 29.0 Å². The van der Waals surface area contributed by atoms with Crippen LogP contribution in [0.1, 0.15) is 39.2 Å². The van der Waals surface area contributed by atoms with Gasteiger partial charge in [-0.15, -0.1) is 0 Å². The van der Waals surface area contributed by atoms with Gasteiger partial charge < -0.3 is 0 Å². The Morgan fingerprint density at radius 1 is 1.18 bits per heavy atom. The Morgan fingerprint density at radius 3 is 2.18 bits per heavy atom. The van der Waals surface area contributed by atoms with E-state index >= 15 is 0 Å². The smallest absolute Gasteiger partial charge is 0.137 e. The maximum Gasteiger partial charge on any atom is 0.137 e. The summed E-state index contributed by atoms with van der Waals surface area (Å²) in [6.07, 6.45) is 1.79. The van der Waals surface area contributed by atoms with E-state index in [-0.39, 0.29) is 11.2 Å². The fourth-order valence-corrected chi connectivity index (χ4v) is 2.03. The van der Waals surface area contributed by atoms with Crippen molar-refractivity contribution in [2.75, 3.05) is 0 Å². The summed E-state index contributed by atoms with van der Waals surface area (Å²) in [6.45, 7) is 6.38. The molecule has 0 aliphatic heterocycles. The van der Waals surface area contributed by atoms with Gasteiger partial charge in [0.05, 0.1) is 0 Å². The normalized spacial score (nSPS) is 11.6. The van der Waals surface area contributed by atoms with Gasteiger partial charge in [0.1, 0.15) is 5.78 Å². The number of ketones is 1. The fourth-order valence-electron chi connectivity index (χ4n) is 1.50. The first-order chi connectivity index (χ1) is 7.79. The molecule has 0 fully saturated rings. The minimum Gasteiger partial charge on any atom is -0.299 e. The summed E-state index contributed by atoms with van der Waals surface area (Å²) in [5.41, 5.74) is 0.926. The Kier molecular flexibility index (Phi) is 5.03. The van der Waals surface area contributed by atoms with E-state index in [1.54, 1.807) is 18.2 Å². The standard InChI is InChI=1S/C14H18Cl2O/c1-14(2,3)8-7-10(17)9-11-12(15)5-4-6-13(11)16/h4-6H,7-9H2,1-3H3. The Balaban J connectivity index is 2.63. The lowest BCUT2D eigenvalue weighted by molar-refractivity contribution is -0.118. The third kappa shape index (κ3) is 5.10. The molecule has 0 unspecified atom stereocenters. The Morgan fingerprint density at radius 2 is 1.71 bits per heavy atom. The van der Waals surface area contributed by atoms with Gasteiger partial charge in [-0.2, -0.15) is 0 Å². The van der Waals surface area contributed by atoms with E-state index in [1.807, 2.05) is 0 Å². The van der Waals surface area contributed by atoms with Gasteiger partial charge in [-0.05, 0) is 29.5 Å². The largest absolute Gasteiger partial charge is 0.299 e.